The van der Waals surface area contributed by atoms with Crippen molar-refractivity contribution in [2.24, 2.45) is 5.73 Å². The van der Waals surface area contributed by atoms with Crippen molar-refractivity contribution in [3.8, 4) is 5.75 Å². The first-order valence-electron chi connectivity index (χ1n) is 5.71. The molecule has 0 fully saturated rings. The van der Waals surface area contributed by atoms with Crippen molar-refractivity contribution in [3.63, 3.8) is 0 Å². The summed E-state index contributed by atoms with van der Waals surface area (Å²) in [6, 6.07) is 11.1. The summed E-state index contributed by atoms with van der Waals surface area (Å²) in [5.74, 6) is 0.739. The van der Waals surface area contributed by atoms with Crippen LogP contribution in [0.4, 0.5) is 11.4 Å². The number of anilines is 2. The van der Waals surface area contributed by atoms with E-state index in [4.69, 9.17) is 34.3 Å². The van der Waals surface area contributed by atoms with Gasteiger partial charge in [0.1, 0.15) is 10.7 Å². The van der Waals surface area contributed by atoms with Crippen LogP contribution in [0.1, 0.15) is 5.56 Å². The fourth-order valence-corrected chi connectivity index (χ4v) is 2.60. The molecule has 0 saturated heterocycles. The standard InChI is InChI=1S/C14H12BrClN2OS/c1-19-13-5-2-8(15)6-12(13)18-9-3-4-10(14(17)20)11(16)7-9/h2-7,18H,1H3,(H2,17,20). The summed E-state index contributed by atoms with van der Waals surface area (Å²) in [5, 5.41) is 3.76. The quantitative estimate of drug-likeness (QED) is 0.777. The molecular formula is C14H12BrClN2OS. The lowest BCUT2D eigenvalue weighted by molar-refractivity contribution is 0.417. The van der Waals surface area contributed by atoms with Crippen LogP contribution in [-0.2, 0) is 0 Å². The summed E-state index contributed by atoms with van der Waals surface area (Å²) in [7, 11) is 1.62. The molecule has 0 unspecified atom stereocenters. The number of nitrogens with one attached hydrogen (secondary N) is 1. The highest BCUT2D eigenvalue weighted by molar-refractivity contribution is 9.10. The van der Waals surface area contributed by atoms with Crippen molar-refractivity contribution in [3.05, 3.63) is 51.5 Å². The Labute approximate surface area is 136 Å². The first-order chi connectivity index (χ1) is 9.51. The summed E-state index contributed by atoms with van der Waals surface area (Å²) in [5.41, 5.74) is 7.90. The van der Waals surface area contributed by atoms with E-state index in [2.05, 4.69) is 21.2 Å². The second-order valence-electron chi connectivity index (χ2n) is 4.03. The van der Waals surface area contributed by atoms with Gasteiger partial charge < -0.3 is 15.8 Å². The highest BCUT2D eigenvalue weighted by Crippen LogP contribution is 2.31. The van der Waals surface area contributed by atoms with E-state index in [-0.39, 0.29) is 4.99 Å². The van der Waals surface area contributed by atoms with Crippen molar-refractivity contribution in [2.45, 2.75) is 0 Å². The lowest BCUT2D eigenvalue weighted by Gasteiger charge is -2.12. The number of ether oxygens (including phenoxy) is 1. The fourth-order valence-electron chi connectivity index (χ4n) is 1.73. The van der Waals surface area contributed by atoms with E-state index < -0.39 is 0 Å². The van der Waals surface area contributed by atoms with E-state index >= 15 is 0 Å². The number of halogens is 2. The average molecular weight is 372 g/mol. The molecule has 0 heterocycles. The number of methoxy groups -OCH3 is 1. The van der Waals surface area contributed by atoms with Crippen LogP contribution in [-0.4, -0.2) is 12.1 Å². The molecule has 0 saturated carbocycles. The number of thiocarbonyl (C=S) groups is 1. The first kappa shape index (κ1) is 15.1. The van der Waals surface area contributed by atoms with Crippen LogP contribution in [0.5, 0.6) is 5.75 Å². The third kappa shape index (κ3) is 3.42. The molecule has 6 heteroatoms. The maximum Gasteiger partial charge on any atom is 0.142 e. The first-order valence-corrected chi connectivity index (χ1v) is 7.29. The third-order valence-electron chi connectivity index (χ3n) is 2.68. The largest absolute Gasteiger partial charge is 0.495 e. The summed E-state index contributed by atoms with van der Waals surface area (Å²) in [6.07, 6.45) is 0. The molecule has 104 valence electrons. The predicted molar refractivity (Wildman–Crippen MR) is 91.3 cm³/mol. The molecule has 2 aromatic rings. The highest BCUT2D eigenvalue weighted by Gasteiger charge is 2.07. The van der Waals surface area contributed by atoms with Gasteiger partial charge in [0.2, 0.25) is 0 Å². The van der Waals surface area contributed by atoms with E-state index in [1.165, 1.54) is 0 Å². The van der Waals surface area contributed by atoms with E-state index in [9.17, 15) is 0 Å². The zero-order valence-electron chi connectivity index (χ0n) is 10.6. The Bertz CT molecular complexity index is 664. The van der Waals surface area contributed by atoms with Gasteiger partial charge in [0.15, 0.2) is 0 Å². The predicted octanol–water partition coefficient (Wildman–Crippen LogP) is 4.49. The molecule has 0 amide bonds. The Balaban J connectivity index is 2.33. The van der Waals surface area contributed by atoms with Crippen molar-refractivity contribution in [2.75, 3.05) is 12.4 Å². The summed E-state index contributed by atoms with van der Waals surface area (Å²) in [4.78, 5) is 0.279. The van der Waals surface area contributed by atoms with Gasteiger partial charge >= 0.3 is 0 Å². The molecule has 2 rings (SSSR count). The van der Waals surface area contributed by atoms with Crippen LogP contribution in [0.2, 0.25) is 5.02 Å². The second-order valence-corrected chi connectivity index (χ2v) is 5.79. The normalized spacial score (nSPS) is 10.2. The molecule has 0 radical (unpaired) electrons. The van der Waals surface area contributed by atoms with Gasteiger partial charge in [0, 0.05) is 15.7 Å². The van der Waals surface area contributed by atoms with Crippen molar-refractivity contribution in [1.29, 1.82) is 0 Å². The van der Waals surface area contributed by atoms with Gasteiger partial charge in [-0.1, -0.05) is 39.7 Å². The highest BCUT2D eigenvalue weighted by atomic mass is 79.9. The molecule has 0 aromatic heterocycles. The lowest BCUT2D eigenvalue weighted by atomic mass is 10.2. The Morgan fingerprint density at radius 1 is 1.30 bits per heavy atom. The molecule has 20 heavy (non-hydrogen) atoms. The van der Waals surface area contributed by atoms with Crippen molar-refractivity contribution in [1.82, 2.24) is 0 Å². The van der Waals surface area contributed by atoms with E-state index in [0.29, 0.717) is 10.6 Å². The van der Waals surface area contributed by atoms with Gasteiger partial charge in [-0.05, 0) is 36.4 Å². The Morgan fingerprint density at radius 2 is 2.05 bits per heavy atom. The van der Waals surface area contributed by atoms with Gasteiger partial charge in [-0.25, -0.2) is 0 Å². The monoisotopic (exact) mass is 370 g/mol. The molecule has 0 spiro atoms. The third-order valence-corrected chi connectivity index (χ3v) is 3.70. The maximum absolute atomic E-state index is 6.15. The molecule has 3 nitrogen and oxygen atoms in total. The van der Waals surface area contributed by atoms with E-state index in [0.717, 1.165) is 21.6 Å². The fraction of sp³-hybridized carbons (Fsp3) is 0.0714. The Kier molecular flexibility index (Phi) is 4.86. The molecule has 0 aliphatic rings. The van der Waals surface area contributed by atoms with Crippen LogP contribution in [0.3, 0.4) is 0 Å². The van der Waals surface area contributed by atoms with Crippen LogP contribution in [0, 0.1) is 0 Å². The van der Waals surface area contributed by atoms with Crippen LogP contribution >= 0.6 is 39.7 Å². The zero-order valence-corrected chi connectivity index (χ0v) is 13.8. The molecule has 0 atom stereocenters. The second kappa shape index (κ2) is 6.43. The molecule has 3 N–H and O–H groups in total. The van der Waals surface area contributed by atoms with Crippen molar-refractivity contribution < 1.29 is 4.74 Å². The van der Waals surface area contributed by atoms with Crippen LogP contribution in [0.25, 0.3) is 0 Å². The average Bonchev–Trinajstić information content (AvgIpc) is 2.38. The van der Waals surface area contributed by atoms with E-state index in [1.54, 1.807) is 19.2 Å². The number of hydrogen-bond donors (Lipinski definition) is 2. The van der Waals surface area contributed by atoms with Gasteiger partial charge in [0.05, 0.1) is 17.8 Å². The molecule has 0 aliphatic carbocycles. The van der Waals surface area contributed by atoms with E-state index in [1.807, 2.05) is 24.3 Å². The minimum Gasteiger partial charge on any atom is -0.495 e. The van der Waals surface area contributed by atoms with Gasteiger partial charge in [-0.2, -0.15) is 0 Å². The number of nitrogens with two attached hydrogens (primary N) is 1. The topological polar surface area (TPSA) is 47.3 Å². The summed E-state index contributed by atoms with van der Waals surface area (Å²) in [6.45, 7) is 0. The summed E-state index contributed by atoms with van der Waals surface area (Å²) >= 11 is 14.5. The minimum atomic E-state index is 0.279. The number of hydrogen-bond acceptors (Lipinski definition) is 3. The van der Waals surface area contributed by atoms with Crippen molar-refractivity contribution >= 4 is 56.1 Å². The smallest absolute Gasteiger partial charge is 0.142 e. The molecule has 0 bridgehead atoms. The lowest BCUT2D eigenvalue weighted by Crippen LogP contribution is -2.10. The number of benzene rings is 2. The Hall–Kier alpha value is -1.30. The maximum atomic E-state index is 6.15. The Morgan fingerprint density at radius 3 is 2.65 bits per heavy atom. The SMILES string of the molecule is COc1ccc(Br)cc1Nc1ccc(C(N)=S)c(Cl)c1. The molecule has 0 aliphatic heterocycles. The van der Waals surface area contributed by atoms with Crippen LogP contribution < -0.4 is 15.8 Å². The molecule has 2 aromatic carbocycles. The zero-order chi connectivity index (χ0) is 14.7. The van der Waals surface area contributed by atoms with Gasteiger partial charge in [0.25, 0.3) is 0 Å². The van der Waals surface area contributed by atoms with Crippen LogP contribution in [0.15, 0.2) is 40.9 Å². The van der Waals surface area contributed by atoms with Gasteiger partial charge in [-0.15, -0.1) is 0 Å². The number of rotatable bonds is 4. The summed E-state index contributed by atoms with van der Waals surface area (Å²) < 4.78 is 6.26. The molecular weight excluding hydrogens is 360 g/mol. The minimum absolute atomic E-state index is 0.279. The van der Waals surface area contributed by atoms with Gasteiger partial charge in [-0.3, -0.25) is 0 Å².